The van der Waals surface area contributed by atoms with Gasteiger partial charge in [0.15, 0.2) is 16.6 Å². The van der Waals surface area contributed by atoms with Crippen LogP contribution < -0.4 is 4.74 Å². The number of carbonyl (C=O) groups excluding carboxylic acids is 1. The smallest absolute Gasteiger partial charge is 0.387 e. The summed E-state index contributed by atoms with van der Waals surface area (Å²) in [6.45, 7) is -1.10. The molecule has 2 aromatic heterocycles. The number of alkyl halides is 2. The average Bonchev–Trinajstić information content (AvgIpc) is 3.08. The molecule has 0 aliphatic heterocycles. The fraction of sp³-hybridized carbons (Fsp3) is 0.158. The van der Waals surface area contributed by atoms with E-state index in [4.69, 9.17) is 0 Å². The van der Waals surface area contributed by atoms with Crippen molar-refractivity contribution >= 4 is 34.1 Å². The zero-order chi connectivity index (χ0) is 19.7. The molecular formula is C19H14F2N4O2S. The molecule has 0 radical (unpaired) electrons. The second kappa shape index (κ2) is 7.51. The maximum Gasteiger partial charge on any atom is 0.387 e. The summed E-state index contributed by atoms with van der Waals surface area (Å²) in [4.78, 5) is 21.5. The van der Waals surface area contributed by atoms with Crippen molar-refractivity contribution in [1.82, 2.24) is 19.6 Å². The fourth-order valence-corrected chi connectivity index (χ4v) is 3.60. The maximum atomic E-state index is 12.5. The molecule has 142 valence electrons. The van der Waals surface area contributed by atoms with Gasteiger partial charge >= 0.3 is 6.61 Å². The predicted molar refractivity (Wildman–Crippen MR) is 101 cm³/mol. The Morgan fingerprint density at radius 3 is 2.64 bits per heavy atom. The van der Waals surface area contributed by atoms with E-state index in [9.17, 15) is 13.6 Å². The van der Waals surface area contributed by atoms with Crippen molar-refractivity contribution in [3.05, 3.63) is 59.9 Å². The monoisotopic (exact) mass is 400 g/mol. The molecule has 2 aromatic carbocycles. The highest BCUT2D eigenvalue weighted by Crippen LogP contribution is 2.25. The number of rotatable bonds is 6. The van der Waals surface area contributed by atoms with Crippen LogP contribution in [0.15, 0.2) is 53.7 Å². The predicted octanol–water partition coefficient (Wildman–Crippen LogP) is 4.16. The van der Waals surface area contributed by atoms with Crippen LogP contribution in [-0.2, 0) is 0 Å². The Balaban J connectivity index is 1.57. The van der Waals surface area contributed by atoms with E-state index in [-0.39, 0.29) is 17.3 Å². The van der Waals surface area contributed by atoms with Crippen LogP contribution in [0.25, 0.3) is 16.6 Å². The minimum absolute atomic E-state index is 0.00944. The molecule has 4 rings (SSSR count). The molecular weight excluding hydrogens is 386 g/mol. The number of hydrogen-bond donors (Lipinski definition) is 0. The number of ether oxygens (including phenoxy) is 1. The number of para-hydroxylation sites is 1. The van der Waals surface area contributed by atoms with Crippen LogP contribution in [0.5, 0.6) is 5.75 Å². The maximum absolute atomic E-state index is 12.5. The minimum Gasteiger partial charge on any atom is -0.435 e. The highest BCUT2D eigenvalue weighted by atomic mass is 32.2. The third kappa shape index (κ3) is 3.65. The third-order valence-corrected chi connectivity index (χ3v) is 4.92. The van der Waals surface area contributed by atoms with Gasteiger partial charge in [0.1, 0.15) is 11.6 Å². The van der Waals surface area contributed by atoms with E-state index in [2.05, 4.69) is 19.8 Å². The lowest BCUT2D eigenvalue weighted by molar-refractivity contribution is -0.0498. The number of hydrogen-bond acceptors (Lipinski definition) is 6. The molecule has 0 aliphatic carbocycles. The van der Waals surface area contributed by atoms with E-state index in [1.807, 2.05) is 24.3 Å². The Kier molecular flexibility index (Phi) is 4.91. The second-order valence-electron chi connectivity index (χ2n) is 5.92. The molecule has 0 N–H and O–H groups in total. The molecule has 6 nitrogen and oxygen atoms in total. The molecule has 0 aliphatic rings. The molecule has 4 aromatic rings. The Morgan fingerprint density at radius 2 is 1.89 bits per heavy atom. The first-order chi connectivity index (χ1) is 13.5. The van der Waals surface area contributed by atoms with Gasteiger partial charge in [-0.2, -0.15) is 13.3 Å². The zero-order valence-corrected chi connectivity index (χ0v) is 15.5. The Labute approximate surface area is 162 Å². The summed E-state index contributed by atoms with van der Waals surface area (Å²) in [5, 5.41) is 5.82. The highest BCUT2D eigenvalue weighted by Gasteiger charge is 2.15. The van der Waals surface area contributed by atoms with E-state index >= 15 is 0 Å². The first-order valence-electron chi connectivity index (χ1n) is 8.34. The molecule has 0 amide bonds. The van der Waals surface area contributed by atoms with Gasteiger partial charge in [-0.1, -0.05) is 23.9 Å². The minimum atomic E-state index is -2.90. The molecule has 0 spiro atoms. The van der Waals surface area contributed by atoms with Crippen molar-refractivity contribution in [2.75, 3.05) is 5.75 Å². The first-order valence-corrected chi connectivity index (χ1v) is 9.33. The van der Waals surface area contributed by atoms with Gasteiger partial charge in [-0.3, -0.25) is 4.79 Å². The Morgan fingerprint density at radius 1 is 1.14 bits per heavy atom. The lowest BCUT2D eigenvalue weighted by atomic mass is 10.1. The Bertz CT molecular complexity index is 1160. The number of Topliss-reactive ketones (excluding diaryl/α,β-unsaturated/α-hetero) is 1. The topological polar surface area (TPSA) is 69.4 Å². The number of benzene rings is 2. The van der Waals surface area contributed by atoms with Crippen LogP contribution in [0.2, 0.25) is 0 Å². The molecule has 2 heterocycles. The van der Waals surface area contributed by atoms with Crippen LogP contribution in [0, 0.1) is 6.92 Å². The van der Waals surface area contributed by atoms with Gasteiger partial charge in [-0.25, -0.2) is 9.97 Å². The summed E-state index contributed by atoms with van der Waals surface area (Å²) in [5.41, 5.74) is 1.86. The van der Waals surface area contributed by atoms with E-state index in [1.165, 1.54) is 36.0 Å². The van der Waals surface area contributed by atoms with E-state index in [0.29, 0.717) is 22.2 Å². The van der Waals surface area contributed by atoms with Crippen molar-refractivity contribution < 1.29 is 18.3 Å². The van der Waals surface area contributed by atoms with Gasteiger partial charge in [-0.05, 0) is 43.3 Å². The molecule has 0 atom stereocenters. The van der Waals surface area contributed by atoms with Gasteiger partial charge in [-0.15, -0.1) is 5.10 Å². The summed E-state index contributed by atoms with van der Waals surface area (Å²) in [7, 11) is 0. The van der Waals surface area contributed by atoms with Crippen molar-refractivity contribution in [1.29, 1.82) is 0 Å². The van der Waals surface area contributed by atoms with E-state index < -0.39 is 6.61 Å². The number of ketones is 1. The standard InChI is InChI=1S/C19H14F2N4O2S/c1-11-22-17-14-4-2-3-5-15(14)23-19(25(17)24-11)28-10-16(26)12-6-8-13(9-7-12)27-18(20)21/h2-9,18H,10H2,1H3. The SMILES string of the molecule is Cc1nc2c3ccccc3nc(SCC(=O)c3ccc(OC(F)F)cc3)n2n1. The zero-order valence-electron chi connectivity index (χ0n) is 14.7. The molecule has 28 heavy (non-hydrogen) atoms. The average molecular weight is 400 g/mol. The summed E-state index contributed by atoms with van der Waals surface area (Å²) in [5.74, 6) is 0.582. The second-order valence-corrected chi connectivity index (χ2v) is 6.86. The number of carbonyl (C=O) groups is 1. The van der Waals surface area contributed by atoms with E-state index in [0.717, 1.165) is 10.9 Å². The third-order valence-electron chi connectivity index (χ3n) is 3.99. The lowest BCUT2D eigenvalue weighted by Gasteiger charge is -2.07. The van der Waals surface area contributed by atoms with Crippen LogP contribution in [0.4, 0.5) is 8.78 Å². The van der Waals surface area contributed by atoms with Gasteiger partial charge in [0.05, 0.1) is 11.3 Å². The molecule has 9 heteroatoms. The van der Waals surface area contributed by atoms with Crippen LogP contribution in [-0.4, -0.2) is 37.7 Å². The molecule has 0 unspecified atom stereocenters. The van der Waals surface area contributed by atoms with Crippen molar-refractivity contribution in [2.24, 2.45) is 0 Å². The number of aryl methyl sites for hydroxylation is 1. The number of thioether (sulfide) groups is 1. The first kappa shape index (κ1) is 18.3. The number of fused-ring (bicyclic) bond motifs is 3. The highest BCUT2D eigenvalue weighted by molar-refractivity contribution is 7.99. The quantitative estimate of drug-likeness (QED) is 0.275. The summed E-state index contributed by atoms with van der Waals surface area (Å²) in [6, 6.07) is 13.2. The van der Waals surface area contributed by atoms with Gasteiger partial charge in [0, 0.05) is 10.9 Å². The Hall–Kier alpha value is -3.07. The van der Waals surface area contributed by atoms with Crippen LogP contribution >= 0.6 is 11.8 Å². The summed E-state index contributed by atoms with van der Waals surface area (Å²) < 4.78 is 30.4. The van der Waals surface area contributed by atoms with Gasteiger partial charge in [0.25, 0.3) is 0 Å². The molecule has 0 bridgehead atoms. The largest absolute Gasteiger partial charge is 0.435 e. The van der Waals surface area contributed by atoms with Crippen LogP contribution in [0.1, 0.15) is 16.2 Å². The fourth-order valence-electron chi connectivity index (χ4n) is 2.76. The normalized spacial score (nSPS) is 11.4. The lowest BCUT2D eigenvalue weighted by Crippen LogP contribution is -2.06. The molecule has 0 saturated heterocycles. The van der Waals surface area contributed by atoms with E-state index in [1.54, 1.807) is 11.4 Å². The van der Waals surface area contributed by atoms with Crippen LogP contribution in [0.3, 0.4) is 0 Å². The van der Waals surface area contributed by atoms with Crippen molar-refractivity contribution in [3.8, 4) is 5.75 Å². The molecule has 0 fully saturated rings. The molecule has 0 saturated carbocycles. The number of halogens is 2. The summed E-state index contributed by atoms with van der Waals surface area (Å²) >= 11 is 1.24. The number of nitrogens with zero attached hydrogens (tertiary/aromatic N) is 4. The number of aromatic nitrogens is 4. The van der Waals surface area contributed by atoms with Gasteiger partial charge in [0.2, 0.25) is 0 Å². The van der Waals surface area contributed by atoms with Crippen molar-refractivity contribution in [3.63, 3.8) is 0 Å². The van der Waals surface area contributed by atoms with Crippen molar-refractivity contribution in [2.45, 2.75) is 18.7 Å². The van der Waals surface area contributed by atoms with Gasteiger partial charge < -0.3 is 4.74 Å². The summed E-state index contributed by atoms with van der Waals surface area (Å²) in [6.07, 6.45) is 0.